The molecule has 84 valence electrons. The number of alkyl halides is 2. The summed E-state index contributed by atoms with van der Waals surface area (Å²) in [4.78, 5) is 0. The molecule has 6 heteroatoms. The van der Waals surface area contributed by atoms with Crippen molar-refractivity contribution in [3.63, 3.8) is 0 Å². The van der Waals surface area contributed by atoms with E-state index < -0.39 is 24.9 Å². The van der Waals surface area contributed by atoms with Crippen LogP contribution in [0.3, 0.4) is 0 Å². The molecule has 1 aliphatic rings. The lowest BCUT2D eigenvalue weighted by atomic mass is 9.99. The van der Waals surface area contributed by atoms with E-state index in [1.54, 1.807) is 0 Å². The predicted molar refractivity (Wildman–Crippen MR) is 46.9 cm³/mol. The number of halogens is 2. The number of nitrogens with two attached hydrogens (primary N) is 2. The van der Waals surface area contributed by atoms with Crippen LogP contribution < -0.4 is 11.5 Å². The van der Waals surface area contributed by atoms with Gasteiger partial charge in [0.1, 0.15) is 0 Å². The third kappa shape index (κ3) is 2.60. The van der Waals surface area contributed by atoms with Crippen molar-refractivity contribution >= 4 is 0 Å². The standard InChI is InChI=1S/C8H16F2N2O2/c1-13-8-4(11)2-3-5(14-8)6(12)7(9)10/h4-8H,2-3,11-12H2,1H3/t4?,5?,6?,8-/m0/s1. The molecule has 0 aromatic carbocycles. The van der Waals surface area contributed by atoms with Gasteiger partial charge in [-0.25, -0.2) is 8.78 Å². The number of hydrogen-bond acceptors (Lipinski definition) is 4. The fourth-order valence-corrected chi connectivity index (χ4v) is 1.51. The van der Waals surface area contributed by atoms with Crippen LogP contribution in [0.25, 0.3) is 0 Å². The first-order valence-electron chi connectivity index (χ1n) is 4.53. The second kappa shape index (κ2) is 4.97. The first-order chi connectivity index (χ1) is 6.56. The van der Waals surface area contributed by atoms with Gasteiger partial charge in [-0.1, -0.05) is 0 Å². The lowest BCUT2D eigenvalue weighted by molar-refractivity contribution is -0.200. The average Bonchev–Trinajstić information content (AvgIpc) is 2.17. The molecule has 1 heterocycles. The fraction of sp³-hybridized carbons (Fsp3) is 1.00. The summed E-state index contributed by atoms with van der Waals surface area (Å²) in [6.07, 6.45) is -2.83. The maximum atomic E-state index is 12.3. The number of rotatable bonds is 3. The minimum Gasteiger partial charge on any atom is -0.354 e. The van der Waals surface area contributed by atoms with E-state index in [-0.39, 0.29) is 6.04 Å². The topological polar surface area (TPSA) is 70.5 Å². The quantitative estimate of drug-likeness (QED) is 0.691. The highest BCUT2D eigenvalue weighted by Crippen LogP contribution is 2.22. The zero-order valence-corrected chi connectivity index (χ0v) is 8.03. The van der Waals surface area contributed by atoms with Gasteiger partial charge in [0.15, 0.2) is 6.29 Å². The summed E-state index contributed by atoms with van der Waals surface area (Å²) in [6, 6.07) is -1.53. The van der Waals surface area contributed by atoms with Crippen molar-refractivity contribution in [2.45, 2.75) is 43.7 Å². The zero-order valence-electron chi connectivity index (χ0n) is 8.03. The summed E-state index contributed by atoms with van der Waals surface area (Å²) in [5.41, 5.74) is 10.9. The molecule has 1 aliphatic heterocycles. The van der Waals surface area contributed by atoms with Crippen LogP contribution in [0.1, 0.15) is 12.8 Å². The molecular weight excluding hydrogens is 194 g/mol. The molecule has 0 aliphatic carbocycles. The second-order valence-electron chi connectivity index (χ2n) is 3.43. The summed E-state index contributed by atoms with van der Waals surface area (Å²) >= 11 is 0. The summed E-state index contributed by atoms with van der Waals surface area (Å²) < 4.78 is 34.7. The lowest BCUT2D eigenvalue weighted by Crippen LogP contribution is -2.52. The van der Waals surface area contributed by atoms with Crippen molar-refractivity contribution in [2.24, 2.45) is 11.5 Å². The van der Waals surface area contributed by atoms with Crippen molar-refractivity contribution in [1.82, 2.24) is 0 Å². The molecule has 0 bridgehead atoms. The van der Waals surface area contributed by atoms with E-state index >= 15 is 0 Å². The lowest BCUT2D eigenvalue weighted by Gasteiger charge is -2.35. The molecule has 4 nitrogen and oxygen atoms in total. The third-order valence-corrected chi connectivity index (χ3v) is 2.40. The van der Waals surface area contributed by atoms with Gasteiger partial charge in [0.2, 0.25) is 0 Å². The summed E-state index contributed by atoms with van der Waals surface area (Å²) in [5, 5.41) is 0. The molecular formula is C8H16F2N2O2. The number of hydrogen-bond donors (Lipinski definition) is 2. The van der Waals surface area contributed by atoms with Crippen LogP contribution in [0.5, 0.6) is 0 Å². The van der Waals surface area contributed by atoms with Crippen molar-refractivity contribution < 1.29 is 18.3 Å². The molecule has 1 saturated heterocycles. The maximum Gasteiger partial charge on any atom is 0.256 e. The Morgan fingerprint density at radius 3 is 2.57 bits per heavy atom. The number of methoxy groups -OCH3 is 1. The minimum atomic E-state index is -2.58. The minimum absolute atomic E-state index is 0.263. The highest BCUT2D eigenvalue weighted by Gasteiger charge is 2.35. The van der Waals surface area contributed by atoms with E-state index in [1.165, 1.54) is 7.11 Å². The molecule has 14 heavy (non-hydrogen) atoms. The Hall–Kier alpha value is -0.300. The van der Waals surface area contributed by atoms with Crippen LogP contribution >= 0.6 is 0 Å². The Bertz CT molecular complexity index is 183. The molecule has 1 fully saturated rings. The molecule has 0 saturated carbocycles. The van der Waals surface area contributed by atoms with E-state index in [1.807, 2.05) is 0 Å². The smallest absolute Gasteiger partial charge is 0.256 e. The highest BCUT2D eigenvalue weighted by atomic mass is 19.3. The van der Waals surface area contributed by atoms with Crippen molar-refractivity contribution in [1.29, 1.82) is 0 Å². The Kier molecular flexibility index (Phi) is 4.18. The van der Waals surface area contributed by atoms with Crippen LogP contribution in [-0.4, -0.2) is 38.0 Å². The SMILES string of the molecule is CO[C@H]1OC(C(N)C(F)F)CCC1N. The van der Waals surface area contributed by atoms with E-state index in [9.17, 15) is 8.78 Å². The van der Waals surface area contributed by atoms with Gasteiger partial charge < -0.3 is 20.9 Å². The first-order valence-corrected chi connectivity index (χ1v) is 4.53. The van der Waals surface area contributed by atoms with E-state index in [0.29, 0.717) is 12.8 Å². The zero-order chi connectivity index (χ0) is 10.7. The van der Waals surface area contributed by atoms with Gasteiger partial charge in [-0.2, -0.15) is 0 Å². The van der Waals surface area contributed by atoms with Gasteiger partial charge in [0.25, 0.3) is 6.43 Å². The van der Waals surface area contributed by atoms with Gasteiger partial charge in [-0.15, -0.1) is 0 Å². The molecule has 0 amide bonds. The van der Waals surface area contributed by atoms with Crippen LogP contribution in [0, 0.1) is 0 Å². The molecule has 4 atom stereocenters. The molecule has 1 rings (SSSR count). The Morgan fingerprint density at radius 1 is 1.43 bits per heavy atom. The molecule has 4 N–H and O–H groups in total. The molecule has 0 radical (unpaired) electrons. The van der Waals surface area contributed by atoms with Gasteiger partial charge in [-0.05, 0) is 12.8 Å². The molecule has 3 unspecified atom stereocenters. The monoisotopic (exact) mass is 210 g/mol. The van der Waals surface area contributed by atoms with E-state index in [0.717, 1.165) is 0 Å². The Morgan fingerprint density at radius 2 is 2.07 bits per heavy atom. The first kappa shape index (κ1) is 11.8. The Labute approximate surface area is 81.5 Å². The average molecular weight is 210 g/mol. The Balaban J connectivity index is 2.49. The normalized spacial score (nSPS) is 36.0. The van der Waals surface area contributed by atoms with Crippen LogP contribution in [0.2, 0.25) is 0 Å². The molecule has 0 aromatic rings. The van der Waals surface area contributed by atoms with Gasteiger partial charge >= 0.3 is 0 Å². The molecule has 0 aromatic heterocycles. The van der Waals surface area contributed by atoms with Crippen LogP contribution in [-0.2, 0) is 9.47 Å². The van der Waals surface area contributed by atoms with Crippen LogP contribution in [0.15, 0.2) is 0 Å². The summed E-state index contributed by atoms with van der Waals surface area (Å²) in [6.45, 7) is 0. The van der Waals surface area contributed by atoms with Crippen molar-refractivity contribution in [3.8, 4) is 0 Å². The highest BCUT2D eigenvalue weighted by molar-refractivity contribution is 4.83. The van der Waals surface area contributed by atoms with Crippen molar-refractivity contribution in [2.75, 3.05) is 7.11 Å². The largest absolute Gasteiger partial charge is 0.354 e. The number of ether oxygens (including phenoxy) is 2. The predicted octanol–water partition coefficient (Wildman–Crippen LogP) is 0.0576. The summed E-state index contributed by atoms with van der Waals surface area (Å²) in [5.74, 6) is 0. The van der Waals surface area contributed by atoms with Gasteiger partial charge in [0, 0.05) is 7.11 Å². The van der Waals surface area contributed by atoms with Gasteiger partial charge in [0.05, 0.1) is 18.2 Å². The van der Waals surface area contributed by atoms with E-state index in [2.05, 4.69) is 0 Å². The van der Waals surface area contributed by atoms with Crippen molar-refractivity contribution in [3.05, 3.63) is 0 Å². The second-order valence-corrected chi connectivity index (χ2v) is 3.43. The van der Waals surface area contributed by atoms with Crippen LogP contribution in [0.4, 0.5) is 8.78 Å². The summed E-state index contributed by atoms with van der Waals surface area (Å²) in [7, 11) is 1.43. The fourth-order valence-electron chi connectivity index (χ4n) is 1.51. The van der Waals surface area contributed by atoms with Gasteiger partial charge in [-0.3, -0.25) is 0 Å². The molecule has 0 spiro atoms. The maximum absolute atomic E-state index is 12.3. The third-order valence-electron chi connectivity index (χ3n) is 2.40. The van der Waals surface area contributed by atoms with E-state index in [4.69, 9.17) is 20.9 Å².